The molecule has 1 aromatic heterocycles. The van der Waals surface area contributed by atoms with E-state index < -0.39 is 0 Å². The number of halogens is 1. The largest absolute Gasteiger partial charge is 0.357 e. The molecule has 0 aliphatic carbocycles. The van der Waals surface area contributed by atoms with Gasteiger partial charge in [-0.1, -0.05) is 0 Å². The third kappa shape index (κ3) is 6.82. The molecule has 0 fully saturated rings. The van der Waals surface area contributed by atoms with Gasteiger partial charge < -0.3 is 15.2 Å². The van der Waals surface area contributed by atoms with Crippen LogP contribution in [0, 0.1) is 0 Å². The topological polar surface area (TPSA) is 41.4 Å². The van der Waals surface area contributed by atoms with E-state index in [0.717, 1.165) is 24.8 Å². The maximum atomic E-state index is 4.16. The van der Waals surface area contributed by atoms with Crippen LogP contribution in [0.25, 0.3) is 0 Å². The van der Waals surface area contributed by atoms with E-state index in [0.29, 0.717) is 0 Å². The number of aromatic nitrogens is 1. The number of hydrogen-bond donors (Lipinski definition) is 2. The molecule has 0 aliphatic rings. The second kappa shape index (κ2) is 9.64. The van der Waals surface area contributed by atoms with Crippen LogP contribution >= 0.6 is 35.7 Å². The summed E-state index contributed by atoms with van der Waals surface area (Å²) in [7, 11) is 3.81. The van der Waals surface area contributed by atoms with Crippen LogP contribution in [0.2, 0.25) is 0 Å². The van der Waals surface area contributed by atoms with Crippen LogP contribution in [0.3, 0.4) is 0 Å². The first-order valence-electron chi connectivity index (χ1n) is 5.30. The highest BCUT2D eigenvalue weighted by Crippen LogP contribution is 1.98. The second-order valence-corrected chi connectivity index (χ2v) is 4.52. The van der Waals surface area contributed by atoms with E-state index in [2.05, 4.69) is 34.1 Å². The summed E-state index contributed by atoms with van der Waals surface area (Å²) in [5, 5.41) is 6.53. The molecule has 17 heavy (non-hydrogen) atoms. The maximum absolute atomic E-state index is 4.16. The number of nitrogens with zero attached hydrogens (tertiary/aromatic N) is 2. The quantitative estimate of drug-likeness (QED) is 0.360. The van der Waals surface area contributed by atoms with Gasteiger partial charge in [-0.05, 0) is 17.9 Å². The van der Waals surface area contributed by atoms with Crippen molar-refractivity contribution in [1.82, 2.24) is 15.2 Å². The van der Waals surface area contributed by atoms with Crippen molar-refractivity contribution >= 4 is 41.7 Å². The fourth-order valence-electron chi connectivity index (χ4n) is 1.34. The average molecular weight is 368 g/mol. The van der Waals surface area contributed by atoms with Gasteiger partial charge >= 0.3 is 0 Å². The van der Waals surface area contributed by atoms with Crippen LogP contribution in [-0.4, -0.2) is 36.1 Å². The van der Waals surface area contributed by atoms with Gasteiger partial charge in [-0.15, -0.1) is 24.0 Å². The Morgan fingerprint density at radius 2 is 2.24 bits per heavy atom. The highest BCUT2D eigenvalue weighted by molar-refractivity contribution is 14.0. The van der Waals surface area contributed by atoms with Crippen LogP contribution in [0.5, 0.6) is 0 Å². The van der Waals surface area contributed by atoms with E-state index in [4.69, 9.17) is 0 Å². The molecule has 98 valence electrons. The minimum Gasteiger partial charge on any atom is -0.357 e. The molecule has 0 saturated heterocycles. The van der Waals surface area contributed by atoms with Gasteiger partial charge in [-0.2, -0.15) is 11.8 Å². The maximum Gasteiger partial charge on any atom is 0.191 e. The first-order valence-corrected chi connectivity index (χ1v) is 6.70. The molecule has 0 aromatic carbocycles. The van der Waals surface area contributed by atoms with Crippen molar-refractivity contribution < 1.29 is 0 Å². The van der Waals surface area contributed by atoms with E-state index in [1.807, 2.05) is 29.6 Å². The summed E-state index contributed by atoms with van der Waals surface area (Å²) in [6.07, 6.45) is 6.24. The predicted octanol–water partition coefficient (Wildman–Crippen LogP) is 1.67. The van der Waals surface area contributed by atoms with Crippen LogP contribution in [-0.2, 0) is 13.6 Å². The lowest BCUT2D eigenvalue weighted by atomic mass is 10.3. The Balaban J connectivity index is 0.00000256. The number of hydrogen-bond acceptors (Lipinski definition) is 2. The second-order valence-electron chi connectivity index (χ2n) is 3.53. The van der Waals surface area contributed by atoms with Crippen molar-refractivity contribution in [3.63, 3.8) is 0 Å². The van der Waals surface area contributed by atoms with E-state index in [9.17, 15) is 0 Å². The monoisotopic (exact) mass is 368 g/mol. The molecule has 0 amide bonds. The van der Waals surface area contributed by atoms with E-state index in [1.165, 1.54) is 5.56 Å². The lowest BCUT2D eigenvalue weighted by molar-refractivity contribution is 0.827. The SMILES string of the molecule is CN=C(NCCSC)NCc1ccn(C)c1.I. The van der Waals surface area contributed by atoms with Crippen molar-refractivity contribution in [1.29, 1.82) is 0 Å². The molecule has 6 heteroatoms. The molecule has 0 spiro atoms. The molecule has 2 N–H and O–H groups in total. The Kier molecular flexibility index (Phi) is 9.43. The molecule has 0 bridgehead atoms. The van der Waals surface area contributed by atoms with Gasteiger partial charge in [0.2, 0.25) is 0 Å². The van der Waals surface area contributed by atoms with Gasteiger partial charge in [-0.3, -0.25) is 4.99 Å². The summed E-state index contributed by atoms with van der Waals surface area (Å²) >= 11 is 1.82. The summed E-state index contributed by atoms with van der Waals surface area (Å²) < 4.78 is 2.04. The predicted molar refractivity (Wildman–Crippen MR) is 87.4 cm³/mol. The first kappa shape index (κ1) is 16.6. The lowest BCUT2D eigenvalue weighted by Crippen LogP contribution is -2.37. The molecule has 1 aromatic rings. The Bertz CT molecular complexity index is 338. The highest BCUT2D eigenvalue weighted by Gasteiger charge is 1.98. The molecule has 0 atom stereocenters. The van der Waals surface area contributed by atoms with Gasteiger partial charge in [0.1, 0.15) is 0 Å². The summed E-state index contributed by atoms with van der Waals surface area (Å²) in [6, 6.07) is 2.10. The van der Waals surface area contributed by atoms with E-state index in [-0.39, 0.29) is 24.0 Å². The van der Waals surface area contributed by atoms with Crippen LogP contribution in [0.15, 0.2) is 23.5 Å². The Hall–Kier alpha value is -0.370. The molecule has 1 heterocycles. The van der Waals surface area contributed by atoms with E-state index >= 15 is 0 Å². The summed E-state index contributed by atoms with van der Waals surface area (Å²) in [5.41, 5.74) is 1.26. The van der Waals surface area contributed by atoms with Crippen LogP contribution < -0.4 is 10.6 Å². The van der Waals surface area contributed by atoms with Crippen molar-refractivity contribution in [2.24, 2.45) is 12.0 Å². The summed E-state index contributed by atoms with van der Waals surface area (Å²) in [5.74, 6) is 1.95. The van der Waals surface area contributed by atoms with Crippen LogP contribution in [0.4, 0.5) is 0 Å². The van der Waals surface area contributed by atoms with E-state index in [1.54, 1.807) is 7.05 Å². The Morgan fingerprint density at radius 3 is 2.76 bits per heavy atom. The smallest absolute Gasteiger partial charge is 0.191 e. The molecule has 1 rings (SSSR count). The van der Waals surface area contributed by atoms with Gasteiger partial charge in [0.15, 0.2) is 5.96 Å². The number of nitrogens with one attached hydrogen (secondary N) is 2. The number of thioether (sulfide) groups is 1. The number of aliphatic imine (C=N–C) groups is 1. The van der Waals surface area contributed by atoms with Crippen molar-refractivity contribution in [3.05, 3.63) is 24.0 Å². The van der Waals surface area contributed by atoms with Gasteiger partial charge in [0, 0.05) is 45.3 Å². The number of aryl methyl sites for hydroxylation is 1. The minimum atomic E-state index is 0. The number of guanidine groups is 1. The van der Waals surface area contributed by atoms with Crippen molar-refractivity contribution in [2.45, 2.75) is 6.54 Å². The third-order valence-corrected chi connectivity index (χ3v) is 2.79. The fraction of sp³-hybridized carbons (Fsp3) is 0.545. The van der Waals surface area contributed by atoms with Crippen molar-refractivity contribution in [2.75, 3.05) is 25.6 Å². The molecule has 0 saturated carbocycles. The fourth-order valence-corrected chi connectivity index (χ4v) is 1.65. The molecule has 0 radical (unpaired) electrons. The van der Waals surface area contributed by atoms with Crippen molar-refractivity contribution in [3.8, 4) is 0 Å². The summed E-state index contributed by atoms with van der Waals surface area (Å²) in [6.45, 7) is 1.75. The zero-order valence-corrected chi connectivity index (χ0v) is 13.7. The van der Waals surface area contributed by atoms with Crippen LogP contribution in [0.1, 0.15) is 5.56 Å². The Morgan fingerprint density at radius 1 is 1.47 bits per heavy atom. The zero-order valence-electron chi connectivity index (χ0n) is 10.6. The van der Waals surface area contributed by atoms with Gasteiger partial charge in [0.05, 0.1) is 0 Å². The molecule has 4 nitrogen and oxygen atoms in total. The lowest BCUT2D eigenvalue weighted by Gasteiger charge is -2.10. The highest BCUT2D eigenvalue weighted by atomic mass is 127. The minimum absolute atomic E-state index is 0. The Labute approximate surface area is 125 Å². The standard InChI is InChI=1S/C11H20N4S.HI/c1-12-11(13-5-7-16-3)14-8-10-4-6-15(2)9-10;/h4,6,9H,5,7-8H2,1-3H3,(H2,12,13,14);1H. The average Bonchev–Trinajstić information content (AvgIpc) is 2.69. The molecular formula is C11H21IN4S. The molecule has 0 unspecified atom stereocenters. The van der Waals surface area contributed by atoms with Gasteiger partial charge in [0.25, 0.3) is 0 Å². The molecular weight excluding hydrogens is 347 g/mol. The summed E-state index contributed by atoms with van der Waals surface area (Å²) in [4.78, 5) is 4.16. The first-order chi connectivity index (χ1) is 7.76. The normalized spacial score (nSPS) is 10.9. The molecule has 0 aliphatic heterocycles. The third-order valence-electron chi connectivity index (χ3n) is 2.18. The zero-order chi connectivity index (χ0) is 11.8. The number of rotatable bonds is 5. The van der Waals surface area contributed by atoms with Gasteiger partial charge in [-0.25, -0.2) is 0 Å².